The van der Waals surface area contributed by atoms with Gasteiger partial charge in [0.2, 0.25) is 0 Å². The van der Waals surface area contributed by atoms with Gasteiger partial charge in [0, 0.05) is 42.8 Å². The van der Waals surface area contributed by atoms with Gasteiger partial charge in [-0.3, -0.25) is 0 Å². The first-order chi connectivity index (χ1) is 11.7. The minimum Gasteiger partial charge on any atom is -0.469 e. The number of rotatable bonds is 3. The van der Waals surface area contributed by atoms with E-state index < -0.39 is 0 Å². The van der Waals surface area contributed by atoms with E-state index in [2.05, 4.69) is 20.0 Å². The van der Waals surface area contributed by atoms with Crippen LogP contribution in [0.5, 0.6) is 0 Å². The smallest absolute Gasteiger partial charge is 0.258 e. The van der Waals surface area contributed by atoms with Crippen LogP contribution in [0.1, 0.15) is 43.3 Å². The number of furan rings is 1. The minimum absolute atomic E-state index is 0.244. The molecule has 0 spiro atoms. The third kappa shape index (κ3) is 2.79. The minimum atomic E-state index is 0.244. The van der Waals surface area contributed by atoms with Crippen LogP contribution < -0.4 is 4.90 Å². The van der Waals surface area contributed by atoms with E-state index in [1.807, 2.05) is 32.0 Å². The van der Waals surface area contributed by atoms with Crippen molar-refractivity contribution in [2.24, 2.45) is 0 Å². The summed E-state index contributed by atoms with van der Waals surface area (Å²) >= 11 is 0. The van der Waals surface area contributed by atoms with E-state index in [1.54, 1.807) is 12.5 Å². The summed E-state index contributed by atoms with van der Waals surface area (Å²) < 4.78 is 11.0. The van der Waals surface area contributed by atoms with Gasteiger partial charge in [0.15, 0.2) is 5.82 Å². The maximum atomic E-state index is 5.56. The molecule has 0 radical (unpaired) electrons. The van der Waals surface area contributed by atoms with E-state index in [1.165, 1.54) is 5.56 Å². The number of pyridine rings is 1. The van der Waals surface area contributed by atoms with Crippen molar-refractivity contribution in [2.45, 2.75) is 39.2 Å². The lowest BCUT2D eigenvalue weighted by Gasteiger charge is -2.21. The molecule has 0 saturated heterocycles. The average molecular weight is 324 g/mol. The van der Waals surface area contributed by atoms with Crippen molar-refractivity contribution >= 4 is 5.82 Å². The predicted molar refractivity (Wildman–Crippen MR) is 89.7 cm³/mol. The van der Waals surface area contributed by atoms with Crippen LogP contribution in [-0.2, 0) is 13.0 Å². The van der Waals surface area contributed by atoms with Gasteiger partial charge >= 0.3 is 0 Å². The zero-order valence-corrected chi connectivity index (χ0v) is 13.9. The Morgan fingerprint density at radius 2 is 2.17 bits per heavy atom. The molecule has 0 amide bonds. The van der Waals surface area contributed by atoms with Crippen molar-refractivity contribution in [3.8, 4) is 11.5 Å². The van der Waals surface area contributed by atoms with Crippen molar-refractivity contribution in [1.82, 2.24) is 15.1 Å². The topological polar surface area (TPSA) is 68.2 Å². The molecule has 0 N–H and O–H groups in total. The molecule has 1 aliphatic rings. The van der Waals surface area contributed by atoms with Crippen molar-refractivity contribution in [3.05, 3.63) is 47.8 Å². The molecule has 1 aliphatic heterocycles. The number of nitrogens with zero attached hydrogens (tertiary/aromatic N) is 4. The molecule has 6 nitrogen and oxygen atoms in total. The molecule has 0 bridgehead atoms. The zero-order valence-electron chi connectivity index (χ0n) is 13.9. The molecule has 0 aromatic carbocycles. The maximum absolute atomic E-state index is 5.56. The van der Waals surface area contributed by atoms with Crippen LogP contribution in [0.3, 0.4) is 0 Å². The Morgan fingerprint density at radius 3 is 3.00 bits per heavy atom. The van der Waals surface area contributed by atoms with Gasteiger partial charge in [-0.2, -0.15) is 4.98 Å². The van der Waals surface area contributed by atoms with E-state index in [4.69, 9.17) is 8.94 Å². The quantitative estimate of drug-likeness (QED) is 0.730. The third-order valence-electron chi connectivity index (χ3n) is 4.31. The summed E-state index contributed by atoms with van der Waals surface area (Å²) in [4.78, 5) is 11.3. The number of aromatic nitrogens is 3. The highest BCUT2D eigenvalue weighted by Gasteiger charge is 2.19. The molecule has 24 heavy (non-hydrogen) atoms. The fraction of sp³-hybridized carbons (Fsp3) is 0.389. The first kappa shape index (κ1) is 14.9. The van der Waals surface area contributed by atoms with E-state index in [0.29, 0.717) is 5.89 Å². The number of anilines is 1. The lowest BCUT2D eigenvalue weighted by molar-refractivity contribution is 0.419. The van der Waals surface area contributed by atoms with Crippen LogP contribution in [0.25, 0.3) is 11.5 Å². The number of aryl methyl sites for hydroxylation is 1. The largest absolute Gasteiger partial charge is 0.469 e. The molecule has 6 heteroatoms. The second-order valence-electron chi connectivity index (χ2n) is 6.41. The van der Waals surface area contributed by atoms with Gasteiger partial charge in [0.25, 0.3) is 5.89 Å². The second kappa shape index (κ2) is 6.11. The van der Waals surface area contributed by atoms with E-state index in [-0.39, 0.29) is 5.92 Å². The lowest BCUT2D eigenvalue weighted by atomic mass is 10.2. The van der Waals surface area contributed by atoms with Crippen molar-refractivity contribution < 1.29 is 8.94 Å². The first-order valence-corrected chi connectivity index (χ1v) is 8.31. The maximum Gasteiger partial charge on any atom is 0.258 e. The molecule has 0 saturated carbocycles. The highest BCUT2D eigenvalue weighted by molar-refractivity contribution is 5.59. The van der Waals surface area contributed by atoms with Gasteiger partial charge < -0.3 is 13.8 Å². The fourth-order valence-electron chi connectivity index (χ4n) is 2.95. The number of hydrogen-bond acceptors (Lipinski definition) is 6. The summed E-state index contributed by atoms with van der Waals surface area (Å²) in [5.41, 5.74) is 2.13. The molecule has 0 atom stereocenters. The Balaban J connectivity index is 1.62. The molecular weight excluding hydrogens is 304 g/mol. The van der Waals surface area contributed by atoms with E-state index in [9.17, 15) is 0 Å². The van der Waals surface area contributed by atoms with Crippen LogP contribution in [0, 0.1) is 0 Å². The van der Waals surface area contributed by atoms with Crippen LogP contribution in [-0.4, -0.2) is 21.7 Å². The second-order valence-corrected chi connectivity index (χ2v) is 6.41. The van der Waals surface area contributed by atoms with Crippen LogP contribution in [0.15, 0.2) is 39.6 Å². The lowest BCUT2D eigenvalue weighted by Crippen LogP contribution is -2.23. The van der Waals surface area contributed by atoms with Crippen molar-refractivity contribution in [1.29, 1.82) is 0 Å². The summed E-state index contributed by atoms with van der Waals surface area (Å²) in [6.07, 6.45) is 5.58. The highest BCUT2D eigenvalue weighted by atomic mass is 16.5. The standard InChI is InChI=1S/C18H20N4O2/c1-12(2)17-20-18(24-21-17)13-5-7-19-16(10-13)22-8-3-4-15-14(11-22)6-9-23-15/h5-7,9-10,12H,3-4,8,11H2,1-2H3. The Bertz CT molecular complexity index is 837. The molecule has 4 rings (SSSR count). The van der Waals surface area contributed by atoms with E-state index in [0.717, 1.165) is 48.9 Å². The van der Waals surface area contributed by atoms with Gasteiger partial charge in [0.1, 0.15) is 11.6 Å². The average Bonchev–Trinajstić information content (AvgIpc) is 3.21. The summed E-state index contributed by atoms with van der Waals surface area (Å²) in [6.45, 7) is 5.85. The Hall–Kier alpha value is -2.63. The van der Waals surface area contributed by atoms with Crippen molar-refractivity contribution in [2.75, 3.05) is 11.4 Å². The fourth-order valence-corrected chi connectivity index (χ4v) is 2.95. The van der Waals surface area contributed by atoms with Crippen LogP contribution in [0.2, 0.25) is 0 Å². The van der Waals surface area contributed by atoms with Crippen LogP contribution >= 0.6 is 0 Å². The zero-order chi connectivity index (χ0) is 16.5. The SMILES string of the molecule is CC(C)c1noc(-c2ccnc(N3CCCc4occc4C3)c2)n1. The normalized spacial score (nSPS) is 14.7. The Kier molecular flexibility index (Phi) is 3.80. The Morgan fingerprint density at radius 1 is 1.25 bits per heavy atom. The molecule has 0 aliphatic carbocycles. The Labute approximate surface area is 140 Å². The predicted octanol–water partition coefficient (Wildman–Crippen LogP) is 3.80. The molecule has 0 fully saturated rings. The van der Waals surface area contributed by atoms with Crippen molar-refractivity contribution in [3.63, 3.8) is 0 Å². The molecule has 124 valence electrons. The molecular formula is C18H20N4O2. The summed E-state index contributed by atoms with van der Waals surface area (Å²) in [5.74, 6) is 3.52. The summed E-state index contributed by atoms with van der Waals surface area (Å²) in [5, 5.41) is 4.04. The monoisotopic (exact) mass is 324 g/mol. The van der Waals surface area contributed by atoms with Gasteiger partial charge in [-0.1, -0.05) is 19.0 Å². The molecule has 0 unspecified atom stereocenters. The summed E-state index contributed by atoms with van der Waals surface area (Å²) in [6, 6.07) is 5.97. The van der Waals surface area contributed by atoms with Gasteiger partial charge in [-0.15, -0.1) is 0 Å². The van der Waals surface area contributed by atoms with E-state index >= 15 is 0 Å². The molecule has 3 aromatic heterocycles. The molecule has 3 aromatic rings. The van der Waals surface area contributed by atoms with Gasteiger partial charge in [-0.05, 0) is 24.6 Å². The van der Waals surface area contributed by atoms with Gasteiger partial charge in [0.05, 0.1) is 6.26 Å². The summed E-state index contributed by atoms with van der Waals surface area (Å²) in [7, 11) is 0. The van der Waals surface area contributed by atoms with Gasteiger partial charge in [-0.25, -0.2) is 4.98 Å². The number of hydrogen-bond donors (Lipinski definition) is 0. The number of fused-ring (bicyclic) bond motifs is 1. The highest BCUT2D eigenvalue weighted by Crippen LogP contribution is 2.27. The molecule has 4 heterocycles. The first-order valence-electron chi connectivity index (χ1n) is 8.31. The van der Waals surface area contributed by atoms with Crippen LogP contribution in [0.4, 0.5) is 5.82 Å². The third-order valence-corrected chi connectivity index (χ3v) is 4.31.